The molecule has 0 radical (unpaired) electrons. The predicted molar refractivity (Wildman–Crippen MR) is 80.9 cm³/mol. The molecule has 1 N–H and O–H groups in total. The molecule has 1 aromatic carbocycles. The summed E-state index contributed by atoms with van der Waals surface area (Å²) in [6.45, 7) is 0. The predicted octanol–water partition coefficient (Wildman–Crippen LogP) is 3.40. The smallest absolute Gasteiger partial charge is 0.282 e. The Hall–Kier alpha value is -0.570. The number of hydrogen-bond donors (Lipinski definition) is 1. The van der Waals surface area contributed by atoms with E-state index in [0.29, 0.717) is 14.6 Å². The van der Waals surface area contributed by atoms with Gasteiger partial charge in [-0.25, -0.2) is 4.98 Å². The molecule has 2 aromatic rings. The van der Waals surface area contributed by atoms with Crippen LogP contribution in [0.3, 0.4) is 0 Å². The summed E-state index contributed by atoms with van der Waals surface area (Å²) in [5, 5.41) is -0.157. The highest BCUT2D eigenvalue weighted by molar-refractivity contribution is 9.11. The van der Waals surface area contributed by atoms with Crippen molar-refractivity contribution in [2.24, 2.45) is 7.05 Å². The number of aromatic nitrogens is 2. The minimum absolute atomic E-state index is 0.0516. The van der Waals surface area contributed by atoms with Crippen LogP contribution in [0.2, 0.25) is 5.15 Å². The first-order chi connectivity index (χ1) is 8.83. The molecule has 0 bridgehead atoms. The molecule has 0 aliphatic rings. The minimum atomic E-state index is -3.84. The van der Waals surface area contributed by atoms with Gasteiger partial charge in [0.15, 0.2) is 0 Å². The van der Waals surface area contributed by atoms with Gasteiger partial charge in [-0.05, 0) is 44.0 Å². The molecule has 0 amide bonds. The minimum Gasteiger partial charge on any atom is -0.324 e. The fourth-order valence-electron chi connectivity index (χ4n) is 1.35. The molecule has 9 heteroatoms. The fraction of sp³-hybridized carbons (Fsp3) is 0.100. The van der Waals surface area contributed by atoms with E-state index >= 15 is 0 Å². The summed E-state index contributed by atoms with van der Waals surface area (Å²) < 4.78 is 29.5. The van der Waals surface area contributed by atoms with Gasteiger partial charge < -0.3 is 4.57 Å². The standard InChI is InChI=1S/C10H8Br2ClN3O2S/c1-16-5-14-10(9(16)13)19(17,18)15-8-6(11)3-2-4-7(8)12/h2-5,15H,1H3. The van der Waals surface area contributed by atoms with Gasteiger partial charge in [-0.15, -0.1) is 0 Å². The molecule has 2 rings (SSSR count). The van der Waals surface area contributed by atoms with Gasteiger partial charge in [-0.1, -0.05) is 17.7 Å². The lowest BCUT2D eigenvalue weighted by molar-refractivity contribution is 0.598. The Morgan fingerprint density at radius 3 is 2.37 bits per heavy atom. The Morgan fingerprint density at radius 2 is 1.89 bits per heavy atom. The molecule has 0 atom stereocenters. The van der Waals surface area contributed by atoms with E-state index in [1.165, 1.54) is 10.9 Å². The van der Waals surface area contributed by atoms with Crippen LogP contribution in [0.25, 0.3) is 0 Å². The van der Waals surface area contributed by atoms with Crippen LogP contribution in [0.1, 0.15) is 0 Å². The van der Waals surface area contributed by atoms with Crippen molar-refractivity contribution in [2.45, 2.75) is 5.03 Å². The fourth-order valence-corrected chi connectivity index (χ4v) is 4.35. The second kappa shape index (κ2) is 5.43. The second-order valence-electron chi connectivity index (χ2n) is 3.65. The molecule has 0 aliphatic heterocycles. The van der Waals surface area contributed by atoms with E-state index in [2.05, 4.69) is 41.6 Å². The van der Waals surface area contributed by atoms with Crippen molar-refractivity contribution < 1.29 is 8.42 Å². The van der Waals surface area contributed by atoms with Crippen molar-refractivity contribution in [3.05, 3.63) is 38.6 Å². The average molecular weight is 430 g/mol. The maximum Gasteiger partial charge on any atom is 0.282 e. The molecular formula is C10H8Br2ClN3O2S. The second-order valence-corrected chi connectivity index (χ2v) is 7.32. The van der Waals surface area contributed by atoms with Gasteiger partial charge in [0, 0.05) is 16.0 Å². The lowest BCUT2D eigenvalue weighted by Gasteiger charge is -2.10. The Morgan fingerprint density at radius 1 is 1.32 bits per heavy atom. The molecule has 19 heavy (non-hydrogen) atoms. The van der Waals surface area contributed by atoms with Crippen LogP contribution in [-0.4, -0.2) is 18.0 Å². The third-order valence-corrected chi connectivity index (χ3v) is 5.45. The van der Waals surface area contributed by atoms with E-state index in [0.717, 1.165) is 0 Å². The molecule has 1 aromatic heterocycles. The number of aryl methyl sites for hydroxylation is 1. The molecular weight excluding hydrogens is 421 g/mol. The van der Waals surface area contributed by atoms with Crippen LogP contribution in [-0.2, 0) is 17.1 Å². The Labute approximate surface area is 132 Å². The van der Waals surface area contributed by atoms with Gasteiger partial charge >= 0.3 is 0 Å². The van der Waals surface area contributed by atoms with Crippen LogP contribution < -0.4 is 4.72 Å². The molecule has 102 valence electrons. The maximum atomic E-state index is 12.2. The highest BCUT2D eigenvalue weighted by Crippen LogP contribution is 2.33. The molecule has 0 unspecified atom stereocenters. The van der Waals surface area contributed by atoms with Gasteiger partial charge in [0.2, 0.25) is 5.03 Å². The van der Waals surface area contributed by atoms with Crippen LogP contribution in [0.5, 0.6) is 0 Å². The molecule has 1 heterocycles. The van der Waals surface area contributed by atoms with E-state index in [-0.39, 0.29) is 10.2 Å². The van der Waals surface area contributed by atoms with Gasteiger partial charge in [0.05, 0.1) is 12.0 Å². The monoisotopic (exact) mass is 427 g/mol. The van der Waals surface area contributed by atoms with E-state index < -0.39 is 10.0 Å². The average Bonchev–Trinajstić information content (AvgIpc) is 2.66. The van der Waals surface area contributed by atoms with Gasteiger partial charge in [0.1, 0.15) is 5.15 Å². The summed E-state index contributed by atoms with van der Waals surface area (Å²) in [7, 11) is -2.23. The summed E-state index contributed by atoms with van der Waals surface area (Å²) in [6, 6.07) is 5.23. The number of para-hydroxylation sites is 1. The molecule has 0 saturated heterocycles. The van der Waals surface area contributed by atoms with Crippen molar-refractivity contribution in [2.75, 3.05) is 4.72 Å². The molecule has 0 spiro atoms. The zero-order valence-electron chi connectivity index (χ0n) is 9.56. The number of benzene rings is 1. The first-order valence-corrected chi connectivity index (χ1v) is 8.41. The van der Waals surface area contributed by atoms with Crippen LogP contribution >= 0.6 is 43.5 Å². The summed E-state index contributed by atoms with van der Waals surface area (Å²) in [5.41, 5.74) is 0.393. The van der Waals surface area contributed by atoms with Crippen molar-refractivity contribution >= 4 is 59.2 Å². The van der Waals surface area contributed by atoms with E-state index in [1.54, 1.807) is 25.2 Å². The summed E-state index contributed by atoms with van der Waals surface area (Å²) in [6.07, 6.45) is 1.34. The largest absolute Gasteiger partial charge is 0.324 e. The molecule has 0 aliphatic carbocycles. The van der Waals surface area contributed by atoms with Gasteiger partial charge in [-0.3, -0.25) is 4.72 Å². The number of imidazole rings is 1. The summed E-state index contributed by atoms with van der Waals surface area (Å²) in [5.74, 6) is 0. The van der Waals surface area contributed by atoms with Gasteiger partial charge in [-0.2, -0.15) is 8.42 Å². The van der Waals surface area contributed by atoms with E-state index in [4.69, 9.17) is 11.6 Å². The Bertz CT molecular complexity index is 710. The number of sulfonamides is 1. The van der Waals surface area contributed by atoms with Crippen molar-refractivity contribution in [3.63, 3.8) is 0 Å². The van der Waals surface area contributed by atoms with Crippen LogP contribution in [0.15, 0.2) is 38.5 Å². The van der Waals surface area contributed by atoms with Crippen LogP contribution in [0, 0.1) is 0 Å². The topological polar surface area (TPSA) is 64.0 Å². The van der Waals surface area contributed by atoms with Crippen molar-refractivity contribution in [1.29, 1.82) is 0 Å². The van der Waals surface area contributed by atoms with E-state index in [1.807, 2.05) is 0 Å². The molecule has 0 fully saturated rings. The van der Waals surface area contributed by atoms with Crippen molar-refractivity contribution in [3.8, 4) is 0 Å². The molecule has 5 nitrogen and oxygen atoms in total. The summed E-state index contributed by atoms with van der Waals surface area (Å²) in [4.78, 5) is 3.79. The first-order valence-electron chi connectivity index (χ1n) is 4.96. The number of nitrogens with zero attached hydrogens (tertiary/aromatic N) is 2. The quantitative estimate of drug-likeness (QED) is 0.814. The first kappa shape index (κ1) is 14.8. The van der Waals surface area contributed by atoms with E-state index in [9.17, 15) is 8.42 Å². The summed E-state index contributed by atoms with van der Waals surface area (Å²) >= 11 is 12.5. The number of nitrogens with one attached hydrogen (secondary N) is 1. The SMILES string of the molecule is Cn1cnc(S(=O)(=O)Nc2c(Br)cccc2Br)c1Cl. The Balaban J connectivity index is 2.46. The number of rotatable bonds is 3. The zero-order chi connectivity index (χ0) is 14.2. The Kier molecular flexibility index (Phi) is 4.24. The highest BCUT2D eigenvalue weighted by atomic mass is 79.9. The number of anilines is 1. The number of halogens is 3. The van der Waals surface area contributed by atoms with Gasteiger partial charge in [0.25, 0.3) is 10.0 Å². The maximum absolute atomic E-state index is 12.2. The lowest BCUT2D eigenvalue weighted by Crippen LogP contribution is -2.14. The normalized spacial score (nSPS) is 11.6. The molecule has 0 saturated carbocycles. The van der Waals surface area contributed by atoms with Crippen molar-refractivity contribution in [1.82, 2.24) is 9.55 Å². The zero-order valence-corrected chi connectivity index (χ0v) is 14.3. The third kappa shape index (κ3) is 2.96. The lowest BCUT2D eigenvalue weighted by atomic mass is 10.3. The van der Waals surface area contributed by atoms with Crippen LogP contribution in [0.4, 0.5) is 5.69 Å². The number of hydrogen-bond acceptors (Lipinski definition) is 3. The third-order valence-electron chi connectivity index (χ3n) is 2.29. The highest BCUT2D eigenvalue weighted by Gasteiger charge is 2.24.